The molecule has 27 heavy (non-hydrogen) atoms. The Balaban J connectivity index is 1.33. The second-order valence-electron chi connectivity index (χ2n) is 9.13. The van der Waals surface area contributed by atoms with Crippen molar-refractivity contribution in [1.82, 2.24) is 10.6 Å². The van der Waals surface area contributed by atoms with Crippen molar-refractivity contribution in [2.24, 2.45) is 17.8 Å². The van der Waals surface area contributed by atoms with Crippen molar-refractivity contribution in [3.63, 3.8) is 0 Å². The van der Waals surface area contributed by atoms with Crippen LogP contribution in [0, 0.1) is 17.8 Å². The fraction of sp³-hybridized carbons (Fsp3) is 0.714. The van der Waals surface area contributed by atoms with E-state index in [9.17, 15) is 9.59 Å². The van der Waals surface area contributed by atoms with Crippen LogP contribution in [0.3, 0.4) is 0 Å². The smallest absolute Gasteiger partial charge is 0.322 e. The van der Waals surface area contributed by atoms with E-state index in [1.807, 2.05) is 13.0 Å². The van der Waals surface area contributed by atoms with E-state index in [0.717, 1.165) is 50.1 Å². The van der Waals surface area contributed by atoms with E-state index in [1.165, 1.54) is 29.0 Å². The Labute approximate surface area is 165 Å². The lowest BCUT2D eigenvalue weighted by Gasteiger charge is -2.56. The summed E-state index contributed by atoms with van der Waals surface area (Å²) in [5.41, 5.74) is -0.0589. The van der Waals surface area contributed by atoms with Gasteiger partial charge in [-0.05, 0) is 81.6 Å². The van der Waals surface area contributed by atoms with Crippen LogP contribution in [-0.2, 0) is 11.3 Å². The lowest BCUT2D eigenvalue weighted by molar-refractivity contribution is -0.925. The van der Waals surface area contributed by atoms with E-state index >= 15 is 0 Å². The minimum Gasteiger partial charge on any atom is -0.332 e. The first-order valence-electron chi connectivity index (χ1n) is 10.5. The first-order valence-corrected chi connectivity index (χ1v) is 11.3. The number of rotatable bonds is 6. The molecule has 4 fully saturated rings. The van der Waals surface area contributed by atoms with Crippen LogP contribution in [0.1, 0.15) is 57.2 Å². The fourth-order valence-electron chi connectivity index (χ4n) is 6.16. The molecule has 5 nitrogen and oxygen atoms in total. The first kappa shape index (κ1) is 18.9. The van der Waals surface area contributed by atoms with E-state index in [1.54, 1.807) is 11.3 Å². The second-order valence-corrected chi connectivity index (χ2v) is 10.2. The molecule has 0 aromatic carbocycles. The van der Waals surface area contributed by atoms with Crippen molar-refractivity contribution in [3.05, 3.63) is 22.4 Å². The standard InChI is InChI=1S/C21H31N3O2S/c1-3-24(13-18-5-4-6-27-18)14(2)19(25)22-20(26)23-21-10-15-7-16(11-21)9-17(8-15)12-21/h4-6,14-17H,3,7-13H2,1-2H3,(H2,22,23,25,26)/p+1/t14-,15?,16?,17?,21?/m0/s1. The molecule has 2 atom stereocenters. The van der Waals surface area contributed by atoms with Gasteiger partial charge in [0.05, 0.1) is 11.4 Å². The molecule has 1 heterocycles. The number of imide groups is 1. The average molecular weight is 391 g/mol. The van der Waals surface area contributed by atoms with Gasteiger partial charge in [-0.3, -0.25) is 10.1 Å². The fourth-order valence-corrected chi connectivity index (χ4v) is 6.92. The van der Waals surface area contributed by atoms with Crippen LogP contribution in [0.4, 0.5) is 4.79 Å². The van der Waals surface area contributed by atoms with Gasteiger partial charge in [-0.1, -0.05) is 6.07 Å². The summed E-state index contributed by atoms with van der Waals surface area (Å²) in [4.78, 5) is 27.7. The molecule has 1 aromatic rings. The number of likely N-dealkylation sites (N-methyl/N-ethyl adjacent to an activating group) is 1. The SMILES string of the molecule is CC[NH+](Cc1cccs1)[C@@H](C)C(=O)NC(=O)NC12CC3CC(CC(C3)C1)C2. The topological polar surface area (TPSA) is 62.6 Å². The second kappa shape index (κ2) is 7.55. The molecule has 148 valence electrons. The number of carbonyl (C=O) groups excluding carboxylic acids is 2. The van der Waals surface area contributed by atoms with E-state index < -0.39 is 0 Å². The van der Waals surface area contributed by atoms with Crippen molar-refractivity contribution in [2.75, 3.05) is 6.54 Å². The lowest BCUT2D eigenvalue weighted by Crippen LogP contribution is -3.15. The third kappa shape index (κ3) is 4.06. The van der Waals surface area contributed by atoms with Crippen molar-refractivity contribution < 1.29 is 14.5 Å². The number of amides is 3. The number of nitrogens with one attached hydrogen (secondary N) is 3. The molecule has 6 heteroatoms. The Kier molecular flexibility index (Phi) is 5.30. The van der Waals surface area contributed by atoms with Gasteiger partial charge in [-0.2, -0.15) is 0 Å². The van der Waals surface area contributed by atoms with Gasteiger partial charge in [-0.25, -0.2) is 4.79 Å². The maximum absolute atomic E-state index is 12.7. The number of thiophene rings is 1. The lowest BCUT2D eigenvalue weighted by atomic mass is 9.53. The molecule has 4 aliphatic rings. The van der Waals surface area contributed by atoms with Crippen molar-refractivity contribution >= 4 is 23.3 Å². The summed E-state index contributed by atoms with van der Waals surface area (Å²) >= 11 is 1.71. The van der Waals surface area contributed by atoms with E-state index in [2.05, 4.69) is 29.0 Å². The molecule has 3 amide bonds. The van der Waals surface area contributed by atoms with E-state index in [4.69, 9.17) is 0 Å². The molecule has 4 aliphatic carbocycles. The van der Waals surface area contributed by atoms with Gasteiger partial charge in [0.1, 0.15) is 6.54 Å². The van der Waals surface area contributed by atoms with Crippen molar-refractivity contribution in [1.29, 1.82) is 0 Å². The number of quaternary nitrogens is 1. The molecule has 4 bridgehead atoms. The van der Waals surface area contributed by atoms with Crippen LogP contribution in [0.25, 0.3) is 0 Å². The van der Waals surface area contributed by atoms with Crippen LogP contribution in [0.2, 0.25) is 0 Å². The van der Waals surface area contributed by atoms with Gasteiger partial charge < -0.3 is 10.2 Å². The summed E-state index contributed by atoms with van der Waals surface area (Å²) in [6.07, 6.45) is 7.32. The molecule has 0 aliphatic heterocycles. The minimum absolute atomic E-state index is 0.0589. The first-order chi connectivity index (χ1) is 13.0. The van der Waals surface area contributed by atoms with Crippen LogP contribution in [0.5, 0.6) is 0 Å². The van der Waals surface area contributed by atoms with Crippen LogP contribution in [0.15, 0.2) is 17.5 Å². The Morgan fingerprint density at radius 3 is 2.37 bits per heavy atom. The molecule has 0 spiro atoms. The van der Waals surface area contributed by atoms with Gasteiger partial charge >= 0.3 is 6.03 Å². The van der Waals surface area contributed by atoms with Crippen molar-refractivity contribution in [3.8, 4) is 0 Å². The van der Waals surface area contributed by atoms with Crippen LogP contribution >= 0.6 is 11.3 Å². The molecule has 1 unspecified atom stereocenters. The van der Waals surface area contributed by atoms with E-state index in [0.29, 0.717) is 0 Å². The minimum atomic E-state index is -0.291. The molecular weight excluding hydrogens is 358 g/mol. The van der Waals surface area contributed by atoms with Gasteiger partial charge in [-0.15, -0.1) is 11.3 Å². The Morgan fingerprint density at radius 1 is 1.22 bits per heavy atom. The summed E-state index contributed by atoms with van der Waals surface area (Å²) in [7, 11) is 0. The third-order valence-electron chi connectivity index (χ3n) is 7.09. The Bertz CT molecular complexity index is 652. The van der Waals surface area contributed by atoms with E-state index in [-0.39, 0.29) is 23.5 Å². The van der Waals surface area contributed by atoms with Crippen LogP contribution in [-0.4, -0.2) is 30.1 Å². The highest BCUT2D eigenvalue weighted by Gasteiger charge is 2.51. The number of urea groups is 1. The monoisotopic (exact) mass is 390 g/mol. The summed E-state index contributed by atoms with van der Waals surface area (Å²) in [6.45, 7) is 5.67. The molecule has 0 saturated heterocycles. The third-order valence-corrected chi connectivity index (χ3v) is 7.97. The van der Waals surface area contributed by atoms with Gasteiger partial charge in [0.15, 0.2) is 6.04 Å². The van der Waals surface area contributed by atoms with Gasteiger partial charge in [0.25, 0.3) is 5.91 Å². The molecular formula is C21H32N3O2S+. The summed E-state index contributed by atoms with van der Waals surface area (Å²) in [6, 6.07) is 3.60. The Morgan fingerprint density at radius 2 is 1.85 bits per heavy atom. The molecule has 0 radical (unpaired) electrons. The van der Waals surface area contributed by atoms with Gasteiger partial charge in [0.2, 0.25) is 0 Å². The van der Waals surface area contributed by atoms with Crippen LogP contribution < -0.4 is 15.5 Å². The quantitative estimate of drug-likeness (QED) is 0.698. The zero-order valence-electron chi connectivity index (χ0n) is 16.4. The number of hydrogen-bond acceptors (Lipinski definition) is 3. The highest BCUT2D eigenvalue weighted by molar-refractivity contribution is 7.09. The Hall–Kier alpha value is -1.40. The molecule has 4 saturated carbocycles. The van der Waals surface area contributed by atoms with Crippen molar-refractivity contribution in [2.45, 2.75) is 70.5 Å². The number of carbonyl (C=O) groups is 2. The summed E-state index contributed by atoms with van der Waals surface area (Å²) in [5.74, 6) is 2.15. The predicted molar refractivity (Wildman–Crippen MR) is 107 cm³/mol. The molecule has 5 rings (SSSR count). The zero-order valence-corrected chi connectivity index (χ0v) is 17.2. The number of hydrogen-bond donors (Lipinski definition) is 3. The maximum atomic E-state index is 12.7. The molecule has 1 aromatic heterocycles. The summed E-state index contributed by atoms with van der Waals surface area (Å²) < 4.78 is 0. The maximum Gasteiger partial charge on any atom is 0.322 e. The highest BCUT2D eigenvalue weighted by Crippen LogP contribution is 2.55. The molecule has 3 N–H and O–H groups in total. The highest BCUT2D eigenvalue weighted by atomic mass is 32.1. The largest absolute Gasteiger partial charge is 0.332 e. The zero-order chi connectivity index (χ0) is 19.0. The predicted octanol–water partition coefficient (Wildman–Crippen LogP) is 2.34. The average Bonchev–Trinajstić information content (AvgIpc) is 3.10. The summed E-state index contributed by atoms with van der Waals surface area (Å²) in [5, 5.41) is 7.94. The normalized spacial score (nSPS) is 33.5. The van der Waals surface area contributed by atoms with Gasteiger partial charge in [0, 0.05) is 5.54 Å².